The van der Waals surface area contributed by atoms with E-state index in [1.54, 1.807) is 7.11 Å². The summed E-state index contributed by atoms with van der Waals surface area (Å²) >= 11 is 2.82. The molecular formula is C20H22N4O2S2. The minimum absolute atomic E-state index is 0.0473. The number of nitrogens with zero attached hydrogens (tertiary/aromatic N) is 3. The molecule has 2 aromatic carbocycles. The molecule has 0 bridgehead atoms. The Bertz CT molecular complexity index is 898. The Hall–Kier alpha value is -2.58. The molecule has 0 fully saturated rings. The lowest BCUT2D eigenvalue weighted by molar-refractivity contribution is -0.116. The average Bonchev–Trinajstić information content (AvgIpc) is 3.15. The van der Waals surface area contributed by atoms with Crippen molar-refractivity contribution in [1.82, 2.24) is 10.2 Å². The Morgan fingerprint density at radius 1 is 1.14 bits per heavy atom. The molecule has 28 heavy (non-hydrogen) atoms. The molecule has 0 spiro atoms. The summed E-state index contributed by atoms with van der Waals surface area (Å²) in [7, 11) is 1.64. The van der Waals surface area contributed by atoms with Gasteiger partial charge in [0.05, 0.1) is 12.9 Å². The quantitative estimate of drug-likeness (QED) is 0.533. The van der Waals surface area contributed by atoms with Gasteiger partial charge in [-0.25, -0.2) is 0 Å². The van der Waals surface area contributed by atoms with Crippen LogP contribution < -0.4 is 15.0 Å². The average molecular weight is 415 g/mol. The van der Waals surface area contributed by atoms with Gasteiger partial charge in [-0.05, 0) is 50.2 Å². The Balaban J connectivity index is 1.59. The zero-order chi connectivity index (χ0) is 19.9. The molecule has 1 amide bonds. The second-order valence-corrected chi connectivity index (χ2v) is 8.41. The number of amides is 1. The van der Waals surface area contributed by atoms with E-state index in [1.807, 2.05) is 73.3 Å². The number of para-hydroxylation sites is 1. The number of rotatable bonds is 8. The monoisotopic (exact) mass is 414 g/mol. The summed E-state index contributed by atoms with van der Waals surface area (Å²) in [5.41, 5.74) is 1.81. The summed E-state index contributed by atoms with van der Waals surface area (Å²) in [4.78, 5) is 14.6. The van der Waals surface area contributed by atoms with Crippen molar-refractivity contribution in [2.24, 2.45) is 0 Å². The number of carbonyl (C=O) groups is 1. The van der Waals surface area contributed by atoms with Crippen molar-refractivity contribution in [3.05, 3.63) is 54.6 Å². The van der Waals surface area contributed by atoms with Crippen LogP contribution in [-0.4, -0.2) is 35.0 Å². The fraction of sp³-hybridized carbons (Fsp3) is 0.250. The van der Waals surface area contributed by atoms with Gasteiger partial charge in [0.15, 0.2) is 4.34 Å². The van der Waals surface area contributed by atoms with Crippen LogP contribution in [0.1, 0.15) is 13.8 Å². The largest absolute Gasteiger partial charge is 0.497 e. The maximum absolute atomic E-state index is 12.8. The lowest BCUT2D eigenvalue weighted by Gasteiger charge is -2.26. The highest BCUT2D eigenvalue weighted by Gasteiger charge is 2.19. The predicted molar refractivity (Wildman–Crippen MR) is 116 cm³/mol. The van der Waals surface area contributed by atoms with E-state index in [4.69, 9.17) is 4.74 Å². The molecule has 3 aromatic rings. The van der Waals surface area contributed by atoms with Crippen LogP contribution >= 0.6 is 23.1 Å². The molecule has 1 heterocycles. The molecular weight excluding hydrogens is 392 g/mol. The fourth-order valence-corrected chi connectivity index (χ4v) is 4.26. The molecule has 0 aliphatic heterocycles. The molecule has 8 heteroatoms. The summed E-state index contributed by atoms with van der Waals surface area (Å²) in [6.45, 7) is 4.02. The standard InChI is InChI=1S/C20H22N4O2S2/c1-14(2)24(16-7-5-4-6-8-16)18(25)13-27-20-23-22-19(28-20)21-15-9-11-17(26-3)12-10-15/h4-12,14H,13H2,1-3H3,(H,21,22). The van der Waals surface area contributed by atoms with E-state index in [0.29, 0.717) is 10.9 Å². The van der Waals surface area contributed by atoms with Crippen molar-refractivity contribution >= 4 is 45.5 Å². The van der Waals surface area contributed by atoms with E-state index in [9.17, 15) is 4.79 Å². The molecule has 0 unspecified atom stereocenters. The lowest BCUT2D eigenvalue weighted by atomic mass is 10.2. The van der Waals surface area contributed by atoms with E-state index in [2.05, 4.69) is 15.5 Å². The number of carbonyl (C=O) groups excluding carboxylic acids is 1. The van der Waals surface area contributed by atoms with Crippen molar-refractivity contribution in [2.75, 3.05) is 23.1 Å². The van der Waals surface area contributed by atoms with Gasteiger partial charge in [-0.2, -0.15) is 0 Å². The summed E-state index contributed by atoms with van der Waals surface area (Å²) in [6, 6.07) is 17.4. The minimum Gasteiger partial charge on any atom is -0.497 e. The Labute approximate surface area is 172 Å². The number of nitrogens with one attached hydrogen (secondary N) is 1. The zero-order valence-electron chi connectivity index (χ0n) is 16.0. The van der Waals surface area contributed by atoms with Gasteiger partial charge in [0, 0.05) is 17.4 Å². The number of anilines is 3. The van der Waals surface area contributed by atoms with E-state index >= 15 is 0 Å². The van der Waals surface area contributed by atoms with Crippen LogP contribution in [0.2, 0.25) is 0 Å². The van der Waals surface area contributed by atoms with E-state index < -0.39 is 0 Å². The van der Waals surface area contributed by atoms with Gasteiger partial charge in [0.2, 0.25) is 11.0 Å². The van der Waals surface area contributed by atoms with Gasteiger partial charge >= 0.3 is 0 Å². The van der Waals surface area contributed by atoms with Crippen LogP contribution in [0.25, 0.3) is 0 Å². The predicted octanol–water partition coefficient (Wildman–Crippen LogP) is 4.82. The molecule has 3 rings (SSSR count). The molecule has 0 saturated carbocycles. The second-order valence-electron chi connectivity index (χ2n) is 6.21. The second kappa shape index (κ2) is 9.57. The topological polar surface area (TPSA) is 67.3 Å². The summed E-state index contributed by atoms with van der Waals surface area (Å²) in [5, 5.41) is 12.2. The number of hydrogen-bond acceptors (Lipinski definition) is 7. The third-order valence-electron chi connectivity index (χ3n) is 3.89. The van der Waals surface area contributed by atoms with E-state index in [-0.39, 0.29) is 11.9 Å². The molecule has 0 aliphatic rings. The molecule has 0 radical (unpaired) electrons. The lowest BCUT2D eigenvalue weighted by Crippen LogP contribution is -2.38. The molecule has 1 aromatic heterocycles. The summed E-state index contributed by atoms with van der Waals surface area (Å²) < 4.78 is 5.90. The minimum atomic E-state index is 0.0473. The third kappa shape index (κ3) is 5.24. The third-order valence-corrected chi connectivity index (χ3v) is 5.84. The number of thioether (sulfide) groups is 1. The molecule has 0 aliphatic carbocycles. The van der Waals surface area contributed by atoms with Crippen LogP contribution in [0.3, 0.4) is 0 Å². The van der Waals surface area contributed by atoms with Gasteiger partial charge in [0.25, 0.3) is 0 Å². The first-order chi connectivity index (χ1) is 13.6. The van der Waals surface area contributed by atoms with Crippen molar-refractivity contribution in [2.45, 2.75) is 24.2 Å². The van der Waals surface area contributed by atoms with Crippen LogP contribution in [0, 0.1) is 0 Å². The first-order valence-electron chi connectivity index (χ1n) is 8.81. The Kier molecular flexibility index (Phi) is 6.89. The van der Waals surface area contributed by atoms with Gasteiger partial charge in [-0.3, -0.25) is 4.79 Å². The van der Waals surface area contributed by atoms with Crippen molar-refractivity contribution in [1.29, 1.82) is 0 Å². The molecule has 146 valence electrons. The number of ether oxygens (including phenoxy) is 1. The Morgan fingerprint density at radius 3 is 2.50 bits per heavy atom. The van der Waals surface area contributed by atoms with Crippen molar-refractivity contribution < 1.29 is 9.53 Å². The van der Waals surface area contributed by atoms with E-state index in [0.717, 1.165) is 21.5 Å². The first-order valence-corrected chi connectivity index (χ1v) is 10.6. The highest BCUT2D eigenvalue weighted by molar-refractivity contribution is 8.01. The van der Waals surface area contributed by atoms with Gasteiger partial charge < -0.3 is 15.0 Å². The number of methoxy groups -OCH3 is 1. The normalized spacial score (nSPS) is 10.7. The highest BCUT2D eigenvalue weighted by Crippen LogP contribution is 2.29. The van der Waals surface area contributed by atoms with Gasteiger partial charge in [-0.1, -0.05) is 41.3 Å². The van der Waals surface area contributed by atoms with E-state index in [1.165, 1.54) is 23.1 Å². The molecule has 0 atom stereocenters. The SMILES string of the molecule is COc1ccc(Nc2nnc(SCC(=O)N(c3ccccc3)C(C)C)s2)cc1. The van der Waals surface area contributed by atoms with Gasteiger partial charge in [-0.15, -0.1) is 10.2 Å². The molecule has 0 saturated heterocycles. The zero-order valence-corrected chi connectivity index (χ0v) is 17.6. The fourth-order valence-electron chi connectivity index (χ4n) is 2.63. The van der Waals surface area contributed by atoms with Crippen molar-refractivity contribution in [3.8, 4) is 5.75 Å². The molecule has 1 N–H and O–H groups in total. The van der Waals surface area contributed by atoms with Crippen LogP contribution in [0.4, 0.5) is 16.5 Å². The van der Waals surface area contributed by atoms with Crippen molar-refractivity contribution in [3.63, 3.8) is 0 Å². The maximum Gasteiger partial charge on any atom is 0.237 e. The van der Waals surface area contributed by atoms with Crippen LogP contribution in [0.15, 0.2) is 58.9 Å². The molecule has 6 nitrogen and oxygen atoms in total. The number of benzene rings is 2. The first kappa shape index (κ1) is 20.2. The highest BCUT2D eigenvalue weighted by atomic mass is 32.2. The number of hydrogen-bond donors (Lipinski definition) is 1. The van der Waals surface area contributed by atoms with Crippen LogP contribution in [0.5, 0.6) is 5.75 Å². The van der Waals surface area contributed by atoms with Crippen LogP contribution in [-0.2, 0) is 4.79 Å². The summed E-state index contributed by atoms with van der Waals surface area (Å²) in [6.07, 6.45) is 0. The van der Waals surface area contributed by atoms with Gasteiger partial charge in [0.1, 0.15) is 5.75 Å². The smallest absolute Gasteiger partial charge is 0.237 e. The summed E-state index contributed by atoms with van der Waals surface area (Å²) in [5.74, 6) is 1.15. The maximum atomic E-state index is 12.8. The Morgan fingerprint density at radius 2 is 1.86 bits per heavy atom. The number of aromatic nitrogens is 2.